The maximum Gasteiger partial charge on any atom is 0.0594 e. The standard InChI is InChI=1S/C14H29N3O3/c18-10-5-15(1-3-16-6-11-19-12-7-16)2-4-17-8-13-20-14-9-17/h18H,1-14H2. The van der Waals surface area contributed by atoms with Crippen LogP contribution in [0, 0.1) is 0 Å². The lowest BCUT2D eigenvalue weighted by Gasteiger charge is -2.32. The van der Waals surface area contributed by atoms with Gasteiger partial charge in [-0.05, 0) is 0 Å². The Hall–Kier alpha value is -0.240. The molecule has 0 atom stereocenters. The highest BCUT2D eigenvalue weighted by Gasteiger charge is 2.14. The summed E-state index contributed by atoms with van der Waals surface area (Å²) in [5.41, 5.74) is 0. The summed E-state index contributed by atoms with van der Waals surface area (Å²) < 4.78 is 10.7. The normalized spacial score (nSPS) is 22.5. The van der Waals surface area contributed by atoms with Crippen LogP contribution in [0.1, 0.15) is 0 Å². The quantitative estimate of drug-likeness (QED) is 0.614. The Labute approximate surface area is 122 Å². The Kier molecular flexibility index (Phi) is 7.79. The van der Waals surface area contributed by atoms with Gasteiger partial charge < -0.3 is 14.6 Å². The summed E-state index contributed by atoms with van der Waals surface area (Å²) >= 11 is 0. The number of aliphatic hydroxyl groups is 1. The van der Waals surface area contributed by atoms with Crippen LogP contribution in [0.5, 0.6) is 0 Å². The van der Waals surface area contributed by atoms with E-state index in [4.69, 9.17) is 9.47 Å². The van der Waals surface area contributed by atoms with Gasteiger partial charge in [0.05, 0.1) is 33.0 Å². The molecule has 2 rings (SSSR count). The van der Waals surface area contributed by atoms with Crippen molar-refractivity contribution >= 4 is 0 Å². The molecule has 0 aromatic carbocycles. The lowest BCUT2D eigenvalue weighted by Crippen LogP contribution is -2.45. The molecule has 0 radical (unpaired) electrons. The van der Waals surface area contributed by atoms with E-state index < -0.39 is 0 Å². The van der Waals surface area contributed by atoms with Crippen LogP contribution < -0.4 is 0 Å². The number of aliphatic hydroxyl groups excluding tert-OH is 1. The number of hydrogen-bond donors (Lipinski definition) is 1. The molecule has 2 saturated heterocycles. The van der Waals surface area contributed by atoms with Crippen LogP contribution >= 0.6 is 0 Å². The summed E-state index contributed by atoms with van der Waals surface area (Å²) in [5, 5.41) is 9.20. The minimum absolute atomic E-state index is 0.242. The van der Waals surface area contributed by atoms with Crippen molar-refractivity contribution < 1.29 is 14.6 Å². The largest absolute Gasteiger partial charge is 0.395 e. The molecule has 0 aromatic rings. The molecule has 20 heavy (non-hydrogen) atoms. The third kappa shape index (κ3) is 6.03. The van der Waals surface area contributed by atoms with Gasteiger partial charge in [0.15, 0.2) is 0 Å². The summed E-state index contributed by atoms with van der Waals surface area (Å²) in [6, 6.07) is 0. The molecule has 2 aliphatic rings. The lowest BCUT2D eigenvalue weighted by atomic mass is 10.3. The number of rotatable bonds is 8. The molecule has 0 bridgehead atoms. The first-order valence-electron chi connectivity index (χ1n) is 7.82. The van der Waals surface area contributed by atoms with Crippen LogP contribution in [0.25, 0.3) is 0 Å². The molecule has 118 valence electrons. The molecule has 0 aromatic heterocycles. The first-order valence-corrected chi connectivity index (χ1v) is 7.82. The second-order valence-corrected chi connectivity index (χ2v) is 5.47. The van der Waals surface area contributed by atoms with E-state index in [0.29, 0.717) is 0 Å². The highest BCUT2D eigenvalue weighted by molar-refractivity contribution is 4.69. The second-order valence-electron chi connectivity index (χ2n) is 5.47. The third-order valence-corrected chi connectivity index (χ3v) is 4.09. The van der Waals surface area contributed by atoms with Crippen molar-refractivity contribution in [1.29, 1.82) is 0 Å². The topological polar surface area (TPSA) is 48.4 Å². The van der Waals surface area contributed by atoms with E-state index >= 15 is 0 Å². The Bertz CT molecular complexity index is 222. The van der Waals surface area contributed by atoms with Gasteiger partial charge in [-0.1, -0.05) is 0 Å². The average molecular weight is 287 g/mol. The monoisotopic (exact) mass is 287 g/mol. The van der Waals surface area contributed by atoms with E-state index in [2.05, 4.69) is 14.7 Å². The van der Waals surface area contributed by atoms with Gasteiger partial charge in [-0.25, -0.2) is 0 Å². The Balaban J connectivity index is 1.63. The van der Waals surface area contributed by atoms with E-state index in [1.54, 1.807) is 0 Å². The smallest absolute Gasteiger partial charge is 0.0594 e. The van der Waals surface area contributed by atoms with Crippen LogP contribution in [0.2, 0.25) is 0 Å². The van der Waals surface area contributed by atoms with Crippen molar-refractivity contribution in [2.75, 3.05) is 91.9 Å². The summed E-state index contributed by atoms with van der Waals surface area (Å²) in [5.74, 6) is 0. The molecular weight excluding hydrogens is 258 g/mol. The predicted octanol–water partition coefficient (Wildman–Crippen LogP) is -1.05. The molecule has 6 heteroatoms. The molecular formula is C14H29N3O3. The number of ether oxygens (including phenoxy) is 2. The van der Waals surface area contributed by atoms with Gasteiger partial charge in [0.1, 0.15) is 0 Å². The zero-order valence-corrected chi connectivity index (χ0v) is 12.5. The van der Waals surface area contributed by atoms with Crippen molar-refractivity contribution in [1.82, 2.24) is 14.7 Å². The molecule has 2 aliphatic heterocycles. The molecule has 0 spiro atoms. The van der Waals surface area contributed by atoms with Crippen LogP contribution in [0.15, 0.2) is 0 Å². The van der Waals surface area contributed by atoms with Crippen molar-refractivity contribution in [2.24, 2.45) is 0 Å². The number of nitrogens with zero attached hydrogens (tertiary/aromatic N) is 3. The van der Waals surface area contributed by atoms with Gasteiger partial charge in [-0.3, -0.25) is 14.7 Å². The highest BCUT2D eigenvalue weighted by atomic mass is 16.5. The van der Waals surface area contributed by atoms with Crippen molar-refractivity contribution in [3.05, 3.63) is 0 Å². The number of morpholine rings is 2. The van der Waals surface area contributed by atoms with Crippen molar-refractivity contribution in [3.8, 4) is 0 Å². The third-order valence-electron chi connectivity index (χ3n) is 4.09. The molecule has 0 saturated carbocycles. The Morgan fingerprint density at radius 3 is 1.60 bits per heavy atom. The summed E-state index contributed by atoms with van der Waals surface area (Å²) in [6.45, 7) is 12.8. The van der Waals surface area contributed by atoms with Crippen LogP contribution in [-0.4, -0.2) is 112 Å². The highest BCUT2D eigenvalue weighted by Crippen LogP contribution is 2.00. The molecule has 0 aliphatic carbocycles. The zero-order chi connectivity index (χ0) is 14.0. The van der Waals surface area contributed by atoms with Crippen LogP contribution in [0.4, 0.5) is 0 Å². The van der Waals surface area contributed by atoms with Gasteiger partial charge >= 0.3 is 0 Å². The van der Waals surface area contributed by atoms with Gasteiger partial charge in [-0.2, -0.15) is 0 Å². The minimum Gasteiger partial charge on any atom is -0.395 e. The maximum atomic E-state index is 9.20. The molecule has 2 heterocycles. The lowest BCUT2D eigenvalue weighted by molar-refractivity contribution is 0.0244. The molecule has 2 fully saturated rings. The first kappa shape index (κ1) is 16.1. The second kappa shape index (κ2) is 9.65. The summed E-state index contributed by atoms with van der Waals surface area (Å²) in [6.07, 6.45) is 0. The van der Waals surface area contributed by atoms with E-state index in [9.17, 15) is 5.11 Å². The number of hydrogen-bond acceptors (Lipinski definition) is 6. The Morgan fingerprint density at radius 2 is 1.20 bits per heavy atom. The summed E-state index contributed by atoms with van der Waals surface area (Å²) in [4.78, 5) is 7.26. The van der Waals surface area contributed by atoms with Gasteiger partial charge in [0.25, 0.3) is 0 Å². The first-order chi connectivity index (χ1) is 9.88. The SMILES string of the molecule is OCCN(CCN1CCOCC1)CCN1CCOCC1. The average Bonchev–Trinajstić information content (AvgIpc) is 2.52. The predicted molar refractivity (Wildman–Crippen MR) is 78.0 cm³/mol. The molecule has 1 N–H and O–H groups in total. The van der Waals surface area contributed by atoms with Crippen molar-refractivity contribution in [2.45, 2.75) is 0 Å². The van der Waals surface area contributed by atoms with Gasteiger partial charge in [0.2, 0.25) is 0 Å². The van der Waals surface area contributed by atoms with Crippen LogP contribution in [-0.2, 0) is 9.47 Å². The molecule has 6 nitrogen and oxygen atoms in total. The van der Waals surface area contributed by atoms with E-state index in [1.165, 1.54) is 0 Å². The maximum absolute atomic E-state index is 9.20. The van der Waals surface area contributed by atoms with Gasteiger partial charge in [-0.15, -0.1) is 0 Å². The van der Waals surface area contributed by atoms with E-state index in [-0.39, 0.29) is 6.61 Å². The Morgan fingerprint density at radius 1 is 0.750 bits per heavy atom. The van der Waals surface area contributed by atoms with Crippen molar-refractivity contribution in [3.63, 3.8) is 0 Å². The fraction of sp³-hybridized carbons (Fsp3) is 1.00. The zero-order valence-electron chi connectivity index (χ0n) is 12.5. The van der Waals surface area contributed by atoms with Crippen LogP contribution in [0.3, 0.4) is 0 Å². The van der Waals surface area contributed by atoms with E-state index in [1.807, 2.05) is 0 Å². The molecule has 0 amide bonds. The van der Waals surface area contributed by atoms with E-state index in [0.717, 1.165) is 85.3 Å². The van der Waals surface area contributed by atoms with Gasteiger partial charge in [0, 0.05) is 58.9 Å². The fourth-order valence-corrected chi connectivity index (χ4v) is 2.69. The summed E-state index contributed by atoms with van der Waals surface area (Å²) in [7, 11) is 0. The fourth-order valence-electron chi connectivity index (χ4n) is 2.69. The molecule has 0 unspecified atom stereocenters. The minimum atomic E-state index is 0.242.